The minimum absolute atomic E-state index is 0.0666. The number of aliphatic hydroxyl groups is 1. The van der Waals surface area contributed by atoms with E-state index in [-0.39, 0.29) is 21.5 Å². The number of nitrogen functional groups attached to an aromatic ring is 1. The summed E-state index contributed by atoms with van der Waals surface area (Å²) in [6, 6.07) is 35.1. The van der Waals surface area contributed by atoms with Gasteiger partial charge in [-0.25, -0.2) is 0 Å². The molecule has 0 atom stereocenters. The van der Waals surface area contributed by atoms with Crippen LogP contribution in [0.3, 0.4) is 0 Å². The molecular formula is C51H56I3N4O5S-. The van der Waals surface area contributed by atoms with Gasteiger partial charge < -0.3 is 10.8 Å². The zero-order valence-corrected chi connectivity index (χ0v) is 44.9. The molecule has 0 spiro atoms. The zero-order valence-electron chi connectivity index (χ0n) is 37.6. The summed E-state index contributed by atoms with van der Waals surface area (Å²) in [5, 5.41) is 10.3. The van der Waals surface area contributed by atoms with Gasteiger partial charge in [-0.15, -0.1) is 0 Å². The molecule has 2 aliphatic rings. The van der Waals surface area contributed by atoms with Crippen molar-refractivity contribution in [2.45, 2.75) is 91.1 Å². The van der Waals surface area contributed by atoms with Crippen molar-refractivity contribution < 1.29 is 36.1 Å². The monoisotopic (exact) mass is 1220 g/mol. The van der Waals surface area contributed by atoms with Gasteiger partial charge in [-0.1, -0.05) is 78.4 Å². The first-order chi connectivity index (χ1) is 30.1. The fraction of sp³-hybridized carbons (Fsp3) is 0.255. The molecule has 0 radical (unpaired) electrons. The second-order valence-corrected chi connectivity index (χ2v) is 34.7. The van der Waals surface area contributed by atoms with Crippen LogP contribution in [-0.4, -0.2) is 51.8 Å². The van der Waals surface area contributed by atoms with Crippen molar-refractivity contribution in [2.24, 2.45) is 9.98 Å². The van der Waals surface area contributed by atoms with E-state index in [2.05, 4.69) is 118 Å². The standard InChI is InChI=1S/C22H22N2.C14H15NO2.C8H11N.C7H8O3S.I3/c1-14-9-15(2)19-11-17(13-23-20(19)10-14)21-18-8-6-5-7-16(18)12-22(3,4)24-21;1-14(2)7-10-5-3-4-6-12(10)13(15-14)11(8-16)9-17;1-6-3-7(2)5-8(9)4-6;1-6-2-4-7(5-3-6)11(8,9)10;1-3-2/h5-11,13H,12H2,1-4H3;3-6,8-9,16H,7H2,1-2H3;3-5H,9H2,1-2H3;2-5H,1H3,(H,8,9,10);/q;;;;-1. The van der Waals surface area contributed by atoms with Crippen LogP contribution in [-0.2, 0) is 27.8 Å². The number of halogens is 3. The normalized spacial score (nSPS) is 14.5. The Labute approximate surface area is 408 Å². The van der Waals surface area contributed by atoms with Crippen LogP contribution >= 0.6 is 37.2 Å². The third-order valence-corrected chi connectivity index (χ3v) is 11.0. The fourth-order valence-electron chi connectivity index (χ4n) is 7.57. The molecule has 4 N–H and O–H groups in total. The number of anilines is 1. The first-order valence-electron chi connectivity index (χ1n) is 20.4. The van der Waals surface area contributed by atoms with Gasteiger partial charge in [-0.3, -0.25) is 24.3 Å². The molecule has 0 amide bonds. The Kier molecular flexibility index (Phi) is 19.2. The molecule has 9 nitrogen and oxygen atoms in total. The van der Waals surface area contributed by atoms with Crippen LogP contribution in [0.15, 0.2) is 142 Å². The molecule has 0 saturated heterocycles. The van der Waals surface area contributed by atoms with E-state index in [9.17, 15) is 13.2 Å². The summed E-state index contributed by atoms with van der Waals surface area (Å²) in [5.74, 6) is 0. The van der Waals surface area contributed by atoms with E-state index in [1.807, 2.05) is 77.2 Å². The molecule has 2 aliphatic heterocycles. The second kappa shape index (κ2) is 23.4. The maximum atomic E-state index is 10.9. The SMILES string of the molecule is CC1(C)Cc2ccccc2C(C(C=O)=CO)=N1.Cc1cc(C)c2cc(C3=NC(C)(C)Cc4ccccc43)cnc2c1.Cc1cc(C)cc(N)c1.Cc1ccc(S(=O)(=O)O)cc1.I[I-]I. The van der Waals surface area contributed by atoms with Gasteiger partial charge in [0.15, 0.2) is 6.29 Å². The van der Waals surface area contributed by atoms with Gasteiger partial charge >= 0.3 is 50.5 Å². The van der Waals surface area contributed by atoms with Crippen molar-refractivity contribution in [1.29, 1.82) is 0 Å². The third kappa shape index (κ3) is 15.3. The number of carbonyl (C=O) groups excluding carboxylic acids is 1. The van der Waals surface area contributed by atoms with Crippen LogP contribution in [0.25, 0.3) is 10.9 Å². The molecule has 338 valence electrons. The number of hydrogen-bond acceptors (Lipinski definition) is 8. The van der Waals surface area contributed by atoms with Gasteiger partial charge in [-0.05, 0) is 145 Å². The van der Waals surface area contributed by atoms with Crippen LogP contribution in [0.4, 0.5) is 5.69 Å². The number of rotatable bonds is 4. The van der Waals surface area contributed by atoms with Crippen molar-refractivity contribution in [1.82, 2.24) is 4.98 Å². The molecule has 0 unspecified atom stereocenters. The summed E-state index contributed by atoms with van der Waals surface area (Å²) in [5.41, 5.74) is 20.7. The molecule has 0 fully saturated rings. The third-order valence-electron chi connectivity index (χ3n) is 10.1. The number of nitrogens with two attached hydrogens (primary N) is 1. The Bertz CT molecular complexity index is 2750. The second-order valence-electron chi connectivity index (χ2n) is 17.1. The predicted octanol–water partition coefficient (Wildman–Crippen LogP) is 9.38. The van der Waals surface area contributed by atoms with Gasteiger partial charge in [0.2, 0.25) is 0 Å². The number of pyridine rings is 1. The van der Waals surface area contributed by atoms with Crippen LogP contribution in [0.2, 0.25) is 0 Å². The first-order valence-corrected chi connectivity index (χ1v) is 34.4. The molecule has 8 rings (SSSR count). The number of nitrogens with zero attached hydrogens (tertiary/aromatic N) is 3. The van der Waals surface area contributed by atoms with E-state index in [1.54, 1.807) is 12.1 Å². The summed E-state index contributed by atoms with van der Waals surface area (Å²) in [6.45, 7) is 18.6. The Morgan fingerprint density at radius 2 is 1.23 bits per heavy atom. The Morgan fingerprint density at radius 1 is 0.719 bits per heavy atom. The average molecular weight is 1220 g/mol. The van der Waals surface area contributed by atoms with E-state index in [4.69, 9.17) is 25.4 Å². The number of benzene rings is 5. The van der Waals surface area contributed by atoms with E-state index < -0.39 is 10.1 Å². The van der Waals surface area contributed by atoms with Crippen LogP contribution in [0, 0.1) is 34.6 Å². The van der Waals surface area contributed by atoms with Crippen LogP contribution < -0.4 is 19.0 Å². The summed E-state index contributed by atoms with van der Waals surface area (Å²) in [6.07, 6.45) is 5.25. The van der Waals surface area contributed by atoms with Crippen LogP contribution in [0.5, 0.6) is 0 Å². The van der Waals surface area contributed by atoms with Crippen LogP contribution in [0.1, 0.15) is 83.3 Å². The predicted molar refractivity (Wildman–Crippen MR) is 278 cm³/mol. The number of fused-ring (bicyclic) bond motifs is 3. The topological polar surface area (TPSA) is 155 Å². The van der Waals surface area contributed by atoms with Gasteiger partial charge in [0.25, 0.3) is 10.1 Å². The quantitative estimate of drug-likeness (QED) is 0.0397. The Morgan fingerprint density at radius 3 is 1.77 bits per heavy atom. The van der Waals surface area contributed by atoms with E-state index >= 15 is 0 Å². The van der Waals surface area contributed by atoms with E-state index in [0.29, 0.717) is 25.3 Å². The van der Waals surface area contributed by atoms with E-state index in [1.165, 1.54) is 50.9 Å². The van der Waals surface area contributed by atoms with Crippen molar-refractivity contribution in [3.63, 3.8) is 0 Å². The number of aliphatic hydroxyl groups excluding tert-OH is 1. The average Bonchev–Trinajstić information content (AvgIpc) is 3.20. The first kappa shape index (κ1) is 52.6. The van der Waals surface area contributed by atoms with Gasteiger partial charge in [0, 0.05) is 34.0 Å². The van der Waals surface area contributed by atoms with Crippen molar-refractivity contribution in [2.75, 3.05) is 5.73 Å². The molecule has 3 heterocycles. The number of aromatic nitrogens is 1. The number of aldehydes is 1. The number of allylic oxidation sites excluding steroid dienone is 1. The molecule has 64 heavy (non-hydrogen) atoms. The number of carbonyl (C=O) groups is 1. The van der Waals surface area contributed by atoms with Crippen molar-refractivity contribution in [3.8, 4) is 0 Å². The minimum atomic E-state index is -4.02. The molecular weight excluding hydrogens is 1160 g/mol. The number of hydrogen-bond donors (Lipinski definition) is 3. The van der Waals surface area contributed by atoms with Gasteiger partial charge in [-0.2, -0.15) is 8.42 Å². The fourth-order valence-corrected chi connectivity index (χ4v) is 8.05. The molecule has 13 heteroatoms. The maximum absolute atomic E-state index is 10.9. The Balaban J connectivity index is 0.000000196. The van der Waals surface area contributed by atoms with Crippen molar-refractivity contribution >= 4 is 81.6 Å². The number of aliphatic imine (C=N–C) groups is 2. The Hall–Kier alpha value is -4.04. The van der Waals surface area contributed by atoms with Gasteiger partial charge in [0.05, 0.1) is 44.7 Å². The summed E-state index contributed by atoms with van der Waals surface area (Å²) >= 11 is 5.30. The van der Waals surface area contributed by atoms with Crippen molar-refractivity contribution in [3.05, 3.63) is 183 Å². The molecule has 0 bridgehead atoms. The zero-order chi connectivity index (χ0) is 47.4. The van der Waals surface area contributed by atoms with E-state index in [0.717, 1.165) is 58.3 Å². The molecule has 5 aromatic carbocycles. The van der Waals surface area contributed by atoms with Gasteiger partial charge in [0.1, 0.15) is 0 Å². The number of aryl methyl sites for hydroxylation is 5. The summed E-state index contributed by atoms with van der Waals surface area (Å²) in [7, 11) is -4.02. The summed E-state index contributed by atoms with van der Waals surface area (Å²) in [4.78, 5) is 25.2. The molecule has 0 aliphatic carbocycles. The molecule has 1 aromatic heterocycles. The molecule has 6 aromatic rings. The molecule has 0 saturated carbocycles. The summed E-state index contributed by atoms with van der Waals surface area (Å²) < 4.78 is 29.6.